The van der Waals surface area contributed by atoms with Crippen LogP contribution in [0.5, 0.6) is 0 Å². The summed E-state index contributed by atoms with van der Waals surface area (Å²) < 4.78 is 39.5. The summed E-state index contributed by atoms with van der Waals surface area (Å²) in [7, 11) is 0. The lowest BCUT2D eigenvalue weighted by Crippen LogP contribution is -2.14. The molecule has 0 radical (unpaired) electrons. The Morgan fingerprint density at radius 2 is 1.65 bits per heavy atom. The van der Waals surface area contributed by atoms with E-state index in [1.54, 1.807) is 0 Å². The minimum atomic E-state index is -1.37. The Labute approximate surface area is 118 Å². The minimum Gasteiger partial charge on any atom is -0.204 e. The molecule has 0 amide bonds. The highest BCUT2D eigenvalue weighted by Gasteiger charge is 2.23. The van der Waals surface area contributed by atoms with Gasteiger partial charge in [0.1, 0.15) is 0 Å². The Hall–Kier alpha value is -1.25. The number of benzene rings is 1. The molecule has 0 spiro atoms. The van der Waals surface area contributed by atoms with Gasteiger partial charge in [-0.1, -0.05) is 12.2 Å². The summed E-state index contributed by atoms with van der Waals surface area (Å²) in [5.74, 6) is -2.64. The molecule has 0 bridgehead atoms. The molecule has 0 saturated heterocycles. The highest BCUT2D eigenvalue weighted by atomic mass is 19.2. The number of allylic oxidation sites excluding steroid dienone is 2. The van der Waals surface area contributed by atoms with E-state index in [1.165, 1.54) is 6.42 Å². The van der Waals surface area contributed by atoms with Gasteiger partial charge in [0, 0.05) is 0 Å². The van der Waals surface area contributed by atoms with Crippen LogP contribution in [0.25, 0.3) is 0 Å². The van der Waals surface area contributed by atoms with Crippen molar-refractivity contribution in [2.45, 2.75) is 51.4 Å². The fraction of sp³-hybridized carbons (Fsp3) is 0.529. The van der Waals surface area contributed by atoms with E-state index in [-0.39, 0.29) is 5.92 Å². The number of halogens is 3. The molecule has 0 atom stereocenters. The highest BCUT2D eigenvalue weighted by Crippen LogP contribution is 2.38. The van der Waals surface area contributed by atoms with Gasteiger partial charge in [-0.25, -0.2) is 13.2 Å². The summed E-state index contributed by atoms with van der Waals surface area (Å²) in [5, 5.41) is 0. The van der Waals surface area contributed by atoms with Crippen molar-refractivity contribution in [3.05, 3.63) is 47.3 Å². The van der Waals surface area contributed by atoms with Gasteiger partial charge in [-0.3, -0.25) is 0 Å². The van der Waals surface area contributed by atoms with E-state index in [1.807, 2.05) is 6.92 Å². The van der Waals surface area contributed by atoms with E-state index in [2.05, 4.69) is 12.2 Å². The lowest BCUT2D eigenvalue weighted by Gasteiger charge is -2.28. The molecule has 0 nitrogen and oxygen atoms in total. The van der Waals surface area contributed by atoms with E-state index in [0.717, 1.165) is 44.2 Å². The van der Waals surface area contributed by atoms with Crippen LogP contribution in [0.15, 0.2) is 24.3 Å². The predicted molar refractivity (Wildman–Crippen MR) is 75.1 cm³/mol. The minimum absolute atomic E-state index is 0.164. The topological polar surface area (TPSA) is 0 Å². The van der Waals surface area contributed by atoms with Crippen molar-refractivity contribution in [2.75, 3.05) is 0 Å². The first-order valence-electron chi connectivity index (χ1n) is 7.37. The van der Waals surface area contributed by atoms with Gasteiger partial charge >= 0.3 is 0 Å². The van der Waals surface area contributed by atoms with Gasteiger partial charge in [0.05, 0.1) is 0 Å². The van der Waals surface area contributed by atoms with Gasteiger partial charge in [0.15, 0.2) is 17.5 Å². The van der Waals surface area contributed by atoms with Crippen LogP contribution in [0.4, 0.5) is 13.2 Å². The van der Waals surface area contributed by atoms with Crippen molar-refractivity contribution < 1.29 is 13.2 Å². The summed E-state index contributed by atoms with van der Waals surface area (Å²) in [5.41, 5.74) is 0.605. The molecular formula is C17H21F3. The van der Waals surface area contributed by atoms with Crippen LogP contribution in [0, 0.1) is 23.4 Å². The first-order chi connectivity index (χ1) is 9.61. The molecule has 1 aromatic carbocycles. The SMILES string of the molecule is CC=CCCC1CCC(c2cc(F)c(F)c(F)c2)CC1. The largest absolute Gasteiger partial charge is 0.204 e. The van der Waals surface area contributed by atoms with Gasteiger partial charge in [-0.2, -0.15) is 0 Å². The van der Waals surface area contributed by atoms with Gasteiger partial charge in [-0.05, 0) is 75.0 Å². The molecule has 1 fully saturated rings. The predicted octanol–water partition coefficient (Wildman–Crippen LogP) is 5.73. The zero-order valence-electron chi connectivity index (χ0n) is 11.8. The number of hydrogen-bond donors (Lipinski definition) is 0. The summed E-state index contributed by atoms with van der Waals surface area (Å²) >= 11 is 0. The molecule has 20 heavy (non-hydrogen) atoms. The third-order valence-corrected chi connectivity index (χ3v) is 4.30. The maximum absolute atomic E-state index is 13.3. The third-order valence-electron chi connectivity index (χ3n) is 4.30. The Morgan fingerprint density at radius 1 is 1.05 bits per heavy atom. The van der Waals surface area contributed by atoms with E-state index in [0.29, 0.717) is 11.5 Å². The van der Waals surface area contributed by atoms with Crippen molar-refractivity contribution in [1.82, 2.24) is 0 Å². The molecule has 1 aliphatic carbocycles. The normalized spacial score (nSPS) is 23.4. The number of rotatable bonds is 4. The van der Waals surface area contributed by atoms with Crippen LogP contribution in [0.2, 0.25) is 0 Å². The molecule has 0 N–H and O–H groups in total. The average Bonchev–Trinajstić information content (AvgIpc) is 2.45. The molecule has 1 aromatic rings. The van der Waals surface area contributed by atoms with Crippen LogP contribution in [0.1, 0.15) is 56.9 Å². The summed E-state index contributed by atoms with van der Waals surface area (Å²) in [4.78, 5) is 0. The second kappa shape index (κ2) is 6.96. The maximum atomic E-state index is 13.3. The molecule has 0 aromatic heterocycles. The van der Waals surface area contributed by atoms with Crippen molar-refractivity contribution in [3.63, 3.8) is 0 Å². The number of hydrogen-bond acceptors (Lipinski definition) is 0. The molecule has 110 valence electrons. The smallest absolute Gasteiger partial charge is 0.194 e. The zero-order valence-corrected chi connectivity index (χ0v) is 11.8. The Bertz CT molecular complexity index is 448. The van der Waals surface area contributed by atoms with Crippen molar-refractivity contribution >= 4 is 0 Å². The Morgan fingerprint density at radius 3 is 2.20 bits per heavy atom. The summed E-state index contributed by atoms with van der Waals surface area (Å²) in [6.45, 7) is 2.02. The Balaban J connectivity index is 1.93. The third kappa shape index (κ3) is 3.65. The maximum Gasteiger partial charge on any atom is 0.194 e. The fourth-order valence-electron chi connectivity index (χ4n) is 3.09. The lowest BCUT2D eigenvalue weighted by atomic mass is 9.77. The van der Waals surface area contributed by atoms with Crippen LogP contribution in [-0.2, 0) is 0 Å². The summed E-state index contributed by atoms with van der Waals surface area (Å²) in [6.07, 6.45) is 10.6. The van der Waals surface area contributed by atoms with Crippen molar-refractivity contribution in [2.24, 2.45) is 5.92 Å². The molecule has 2 rings (SSSR count). The molecule has 0 aliphatic heterocycles. The van der Waals surface area contributed by atoms with E-state index in [4.69, 9.17) is 0 Å². The van der Waals surface area contributed by atoms with Crippen LogP contribution < -0.4 is 0 Å². The van der Waals surface area contributed by atoms with Gasteiger partial charge in [-0.15, -0.1) is 0 Å². The second-order valence-electron chi connectivity index (χ2n) is 5.66. The first-order valence-corrected chi connectivity index (χ1v) is 7.37. The lowest BCUT2D eigenvalue weighted by molar-refractivity contribution is 0.310. The Kier molecular flexibility index (Phi) is 5.27. The summed E-state index contributed by atoms with van der Waals surface area (Å²) in [6, 6.07) is 2.31. The monoisotopic (exact) mass is 282 g/mol. The van der Waals surface area contributed by atoms with Gasteiger partial charge in [0.25, 0.3) is 0 Å². The van der Waals surface area contributed by atoms with Crippen LogP contribution in [0.3, 0.4) is 0 Å². The van der Waals surface area contributed by atoms with E-state index < -0.39 is 17.5 Å². The van der Waals surface area contributed by atoms with E-state index >= 15 is 0 Å². The first kappa shape index (κ1) is 15.1. The van der Waals surface area contributed by atoms with Crippen molar-refractivity contribution in [1.29, 1.82) is 0 Å². The van der Waals surface area contributed by atoms with Gasteiger partial charge in [0.2, 0.25) is 0 Å². The molecule has 0 heterocycles. The molecular weight excluding hydrogens is 261 g/mol. The van der Waals surface area contributed by atoms with Gasteiger partial charge < -0.3 is 0 Å². The second-order valence-corrected chi connectivity index (χ2v) is 5.66. The van der Waals surface area contributed by atoms with Crippen LogP contribution in [-0.4, -0.2) is 0 Å². The quantitative estimate of drug-likeness (QED) is 0.488. The average molecular weight is 282 g/mol. The zero-order chi connectivity index (χ0) is 14.5. The molecule has 1 aliphatic rings. The molecule has 3 heteroatoms. The standard InChI is InChI=1S/C17H21F3/c1-2-3-4-5-12-6-8-13(9-7-12)14-10-15(18)17(20)16(19)11-14/h2-3,10-13H,4-9H2,1H3. The fourth-order valence-corrected chi connectivity index (χ4v) is 3.09. The van der Waals surface area contributed by atoms with Crippen LogP contribution >= 0.6 is 0 Å². The molecule has 1 saturated carbocycles. The van der Waals surface area contributed by atoms with E-state index in [9.17, 15) is 13.2 Å². The highest BCUT2D eigenvalue weighted by molar-refractivity contribution is 5.23. The van der Waals surface area contributed by atoms with Crippen molar-refractivity contribution in [3.8, 4) is 0 Å². The molecule has 0 unspecified atom stereocenters.